The molecule has 6 heteroatoms. The van der Waals surface area contributed by atoms with Gasteiger partial charge in [-0.05, 0) is 122 Å². The van der Waals surface area contributed by atoms with Crippen molar-refractivity contribution >= 4 is 17.9 Å². The molecule has 0 spiro atoms. The Bertz CT molecular complexity index is 1660. The van der Waals surface area contributed by atoms with E-state index in [2.05, 4.69) is 130 Å². The van der Waals surface area contributed by atoms with Crippen LogP contribution in [0.5, 0.6) is 0 Å². The van der Waals surface area contributed by atoms with E-state index >= 15 is 0 Å². The molecule has 0 aliphatic carbocycles. The van der Waals surface area contributed by atoms with Crippen LogP contribution < -0.4 is 0 Å². The molecular weight excluding hydrogens is 1020 g/mol. The van der Waals surface area contributed by atoms with Crippen molar-refractivity contribution < 1.29 is 28.6 Å². The Morgan fingerprint density at radius 3 is 0.783 bits per heavy atom. The van der Waals surface area contributed by atoms with Crippen LogP contribution in [0.25, 0.3) is 0 Å². The van der Waals surface area contributed by atoms with E-state index in [1.807, 2.05) is 0 Å². The predicted molar refractivity (Wildman–Crippen MR) is 362 cm³/mol. The van der Waals surface area contributed by atoms with Crippen LogP contribution >= 0.6 is 0 Å². The highest BCUT2D eigenvalue weighted by Crippen LogP contribution is 2.17. The van der Waals surface area contributed by atoms with Crippen molar-refractivity contribution in [1.29, 1.82) is 0 Å². The Labute approximate surface area is 514 Å². The van der Waals surface area contributed by atoms with Crippen molar-refractivity contribution in [3.05, 3.63) is 109 Å². The maximum Gasteiger partial charge on any atom is 0.306 e. The van der Waals surface area contributed by atoms with Gasteiger partial charge in [-0.3, -0.25) is 14.4 Å². The molecule has 476 valence electrons. The quantitative estimate of drug-likeness (QED) is 0.0261. The van der Waals surface area contributed by atoms with E-state index in [4.69, 9.17) is 14.2 Å². The molecule has 0 aromatic rings. The third kappa shape index (κ3) is 68.7. The molecule has 6 nitrogen and oxygen atoms in total. The van der Waals surface area contributed by atoms with Crippen molar-refractivity contribution in [1.82, 2.24) is 0 Å². The molecule has 0 saturated carbocycles. The standard InChI is InChI=1S/C77H132O6/c1-4-7-10-13-16-19-22-25-27-29-31-33-34-35-36-37-38-39-40-41-42-44-45-47-49-52-55-58-61-64-67-70-76(79)82-73-74(72-81-75(78)69-66-63-60-57-54-51-24-21-18-15-12-9-6-3)83-77(80)71-68-65-62-59-56-53-50-48-46-43-32-30-28-26-23-20-17-14-11-8-5-2/h8,11-12,15,17,20-22,24-26,28-29,31-32,34-35,43,74H,4-7,9-10,13-14,16,18-19,23,27,30,33,36-42,44-73H2,1-3H3/b11-8-,15-12-,20-17-,24-21-,25-22-,28-26-,31-29-,35-34-,43-32-. The molecule has 0 bridgehead atoms. The summed E-state index contributed by atoms with van der Waals surface area (Å²) in [6.07, 6.45) is 96.9. The van der Waals surface area contributed by atoms with Crippen LogP contribution in [0.15, 0.2) is 109 Å². The lowest BCUT2D eigenvalue weighted by molar-refractivity contribution is -0.167. The van der Waals surface area contributed by atoms with Crippen molar-refractivity contribution in [3.63, 3.8) is 0 Å². The molecule has 0 aliphatic rings. The third-order valence-corrected chi connectivity index (χ3v) is 15.2. The average Bonchev–Trinajstić information content (AvgIpc) is 3.49. The summed E-state index contributed by atoms with van der Waals surface area (Å²) in [5.74, 6) is -0.896. The van der Waals surface area contributed by atoms with Crippen LogP contribution in [0.3, 0.4) is 0 Å². The minimum atomic E-state index is -0.791. The number of rotatable bonds is 64. The lowest BCUT2D eigenvalue weighted by Crippen LogP contribution is -2.30. The SMILES string of the molecule is CC/C=C\C/C=C\C/C=C\C/C=C\CCCCCCCCCCC(=O)OC(COC(=O)CCCCCCC/C=C\C/C=C\CCC)COC(=O)CCCCCCCCCCCCCCCCCC/C=C\C/C=C\C/C=C\CCCCCCC. The highest BCUT2D eigenvalue weighted by atomic mass is 16.6. The lowest BCUT2D eigenvalue weighted by Gasteiger charge is -2.18. The summed E-state index contributed by atoms with van der Waals surface area (Å²) in [6.45, 7) is 6.46. The zero-order valence-electron chi connectivity index (χ0n) is 54.7. The lowest BCUT2D eigenvalue weighted by atomic mass is 10.0. The summed E-state index contributed by atoms with van der Waals surface area (Å²) in [7, 11) is 0. The average molecular weight is 1150 g/mol. The van der Waals surface area contributed by atoms with Crippen molar-refractivity contribution in [3.8, 4) is 0 Å². The van der Waals surface area contributed by atoms with E-state index < -0.39 is 6.10 Å². The number of ether oxygens (including phenoxy) is 3. The van der Waals surface area contributed by atoms with Gasteiger partial charge < -0.3 is 14.2 Å². The zero-order valence-corrected chi connectivity index (χ0v) is 54.7. The normalized spacial score (nSPS) is 12.8. The first kappa shape index (κ1) is 79.1. The molecule has 0 heterocycles. The minimum Gasteiger partial charge on any atom is -0.462 e. The number of hydrogen-bond acceptors (Lipinski definition) is 6. The van der Waals surface area contributed by atoms with Gasteiger partial charge in [0.15, 0.2) is 6.10 Å². The number of hydrogen-bond donors (Lipinski definition) is 0. The van der Waals surface area contributed by atoms with Gasteiger partial charge in [-0.25, -0.2) is 0 Å². The maximum atomic E-state index is 12.9. The molecule has 83 heavy (non-hydrogen) atoms. The van der Waals surface area contributed by atoms with Crippen LogP contribution in [0.4, 0.5) is 0 Å². The summed E-state index contributed by atoms with van der Waals surface area (Å²) in [4.78, 5) is 38.4. The number of allylic oxidation sites excluding steroid dienone is 18. The van der Waals surface area contributed by atoms with E-state index in [9.17, 15) is 14.4 Å². The molecule has 0 N–H and O–H groups in total. The Balaban J connectivity index is 4.24. The summed E-state index contributed by atoms with van der Waals surface area (Å²) in [5.41, 5.74) is 0. The van der Waals surface area contributed by atoms with E-state index in [1.165, 1.54) is 167 Å². The number of carbonyl (C=O) groups excluding carboxylic acids is 3. The van der Waals surface area contributed by atoms with E-state index in [-0.39, 0.29) is 31.1 Å². The molecule has 1 atom stereocenters. The van der Waals surface area contributed by atoms with Crippen molar-refractivity contribution in [2.75, 3.05) is 13.2 Å². The Kier molecular flexibility index (Phi) is 67.2. The highest BCUT2D eigenvalue weighted by Gasteiger charge is 2.19. The fourth-order valence-corrected chi connectivity index (χ4v) is 9.95. The smallest absolute Gasteiger partial charge is 0.306 e. The molecular formula is C77H132O6. The van der Waals surface area contributed by atoms with Gasteiger partial charge >= 0.3 is 17.9 Å². The fourth-order valence-electron chi connectivity index (χ4n) is 9.95. The van der Waals surface area contributed by atoms with Gasteiger partial charge in [0.1, 0.15) is 13.2 Å². The van der Waals surface area contributed by atoms with Crippen molar-refractivity contribution in [2.24, 2.45) is 0 Å². The van der Waals surface area contributed by atoms with Crippen LogP contribution in [0, 0.1) is 0 Å². The Morgan fingerprint density at radius 1 is 0.253 bits per heavy atom. The van der Waals surface area contributed by atoms with Crippen LogP contribution in [0.1, 0.15) is 342 Å². The molecule has 0 aliphatic heterocycles. The molecule has 0 saturated heterocycles. The number of carbonyl (C=O) groups is 3. The molecule has 0 aromatic carbocycles. The number of unbranched alkanes of at least 4 members (excludes halogenated alkanes) is 35. The van der Waals surface area contributed by atoms with Crippen LogP contribution in [0.2, 0.25) is 0 Å². The summed E-state index contributed by atoms with van der Waals surface area (Å²) < 4.78 is 17.0. The predicted octanol–water partition coefficient (Wildman–Crippen LogP) is 24.6. The Hall–Kier alpha value is -3.93. The van der Waals surface area contributed by atoms with Gasteiger partial charge in [-0.2, -0.15) is 0 Å². The van der Waals surface area contributed by atoms with Gasteiger partial charge in [0.25, 0.3) is 0 Å². The van der Waals surface area contributed by atoms with Gasteiger partial charge in [0, 0.05) is 19.3 Å². The largest absolute Gasteiger partial charge is 0.462 e. The van der Waals surface area contributed by atoms with E-state index in [0.29, 0.717) is 19.3 Å². The molecule has 0 amide bonds. The summed E-state index contributed by atoms with van der Waals surface area (Å²) >= 11 is 0. The molecule has 0 fully saturated rings. The van der Waals surface area contributed by atoms with Crippen molar-refractivity contribution in [2.45, 2.75) is 348 Å². The number of esters is 3. The third-order valence-electron chi connectivity index (χ3n) is 15.2. The Morgan fingerprint density at radius 2 is 0.494 bits per heavy atom. The van der Waals surface area contributed by atoms with Gasteiger partial charge in [0.2, 0.25) is 0 Å². The topological polar surface area (TPSA) is 78.9 Å². The second kappa shape index (κ2) is 70.6. The molecule has 0 aromatic heterocycles. The van der Waals surface area contributed by atoms with E-state index in [0.717, 1.165) is 135 Å². The fraction of sp³-hybridized carbons (Fsp3) is 0.727. The minimum absolute atomic E-state index is 0.0849. The van der Waals surface area contributed by atoms with Gasteiger partial charge in [-0.15, -0.1) is 0 Å². The van der Waals surface area contributed by atoms with Gasteiger partial charge in [-0.1, -0.05) is 310 Å². The first-order valence-electron chi connectivity index (χ1n) is 35.4. The van der Waals surface area contributed by atoms with Crippen LogP contribution in [-0.2, 0) is 28.6 Å². The summed E-state index contributed by atoms with van der Waals surface area (Å²) in [6, 6.07) is 0. The second-order valence-electron chi connectivity index (χ2n) is 23.4. The molecule has 1 unspecified atom stereocenters. The van der Waals surface area contributed by atoms with Gasteiger partial charge in [0.05, 0.1) is 0 Å². The molecule has 0 rings (SSSR count). The van der Waals surface area contributed by atoms with Crippen LogP contribution in [-0.4, -0.2) is 37.2 Å². The second-order valence-corrected chi connectivity index (χ2v) is 23.4. The summed E-state index contributed by atoms with van der Waals surface area (Å²) in [5, 5.41) is 0. The maximum absolute atomic E-state index is 12.9. The zero-order chi connectivity index (χ0) is 59.9. The first-order valence-corrected chi connectivity index (χ1v) is 35.4. The monoisotopic (exact) mass is 1150 g/mol. The highest BCUT2D eigenvalue weighted by molar-refractivity contribution is 5.71. The molecule has 0 radical (unpaired) electrons. The first-order chi connectivity index (χ1) is 41.0. The van der Waals surface area contributed by atoms with E-state index in [1.54, 1.807) is 0 Å².